The van der Waals surface area contributed by atoms with Gasteiger partial charge >= 0.3 is 0 Å². The van der Waals surface area contributed by atoms with E-state index in [1.54, 1.807) is 31.4 Å². The first-order chi connectivity index (χ1) is 17.0. The maximum Gasteiger partial charge on any atom is 0.196 e. The van der Waals surface area contributed by atoms with Crippen molar-refractivity contribution < 1.29 is 19.0 Å². The van der Waals surface area contributed by atoms with Crippen molar-refractivity contribution in [1.82, 2.24) is 14.8 Å². The molecule has 0 unspecified atom stereocenters. The molecule has 1 aromatic heterocycles. The molecule has 0 saturated heterocycles. The first-order valence-electron chi connectivity index (χ1n) is 10.9. The molecule has 0 spiro atoms. The first-order valence-corrected chi connectivity index (χ1v) is 12.2. The number of nitrogens with zero attached hydrogens (tertiary/aromatic N) is 3. The fourth-order valence-corrected chi connectivity index (χ4v) is 4.56. The quantitative estimate of drug-likeness (QED) is 0.192. The van der Waals surface area contributed by atoms with Crippen LogP contribution in [0.3, 0.4) is 0 Å². The third-order valence-electron chi connectivity index (χ3n) is 5.20. The predicted octanol–water partition coefficient (Wildman–Crippen LogP) is 5.98. The molecule has 0 bridgehead atoms. The smallest absolute Gasteiger partial charge is 0.196 e. The summed E-state index contributed by atoms with van der Waals surface area (Å²) < 4.78 is 18.1. The van der Waals surface area contributed by atoms with Gasteiger partial charge in [-0.25, -0.2) is 0 Å². The molecule has 0 fully saturated rings. The van der Waals surface area contributed by atoms with Crippen molar-refractivity contribution in [2.75, 3.05) is 26.6 Å². The van der Waals surface area contributed by atoms with Crippen LogP contribution in [0.25, 0.3) is 17.1 Å². The fraction of sp³-hybridized carbons (Fsp3) is 0.192. The lowest BCUT2D eigenvalue weighted by molar-refractivity contribution is 0.101. The number of aromatic nitrogens is 3. The van der Waals surface area contributed by atoms with Crippen molar-refractivity contribution in [3.8, 4) is 34.3 Å². The monoisotopic (exact) mass is 509 g/mol. The molecular weight excluding hydrogens is 486 g/mol. The summed E-state index contributed by atoms with van der Waals surface area (Å²) in [5, 5.41) is 9.92. The third kappa shape index (κ3) is 5.44. The van der Waals surface area contributed by atoms with Crippen LogP contribution < -0.4 is 14.2 Å². The predicted molar refractivity (Wildman–Crippen MR) is 138 cm³/mol. The van der Waals surface area contributed by atoms with Crippen LogP contribution in [-0.2, 0) is 0 Å². The zero-order valence-corrected chi connectivity index (χ0v) is 21.1. The summed E-state index contributed by atoms with van der Waals surface area (Å²) in [5.74, 6) is 2.46. The number of ketones is 1. The van der Waals surface area contributed by atoms with Crippen LogP contribution in [0.4, 0.5) is 0 Å². The Morgan fingerprint density at radius 3 is 2.40 bits per heavy atom. The van der Waals surface area contributed by atoms with E-state index in [0.29, 0.717) is 39.7 Å². The van der Waals surface area contributed by atoms with Crippen molar-refractivity contribution in [2.45, 2.75) is 12.1 Å². The summed E-state index contributed by atoms with van der Waals surface area (Å²) in [6.45, 7) is 2.52. The summed E-state index contributed by atoms with van der Waals surface area (Å²) in [6, 6.07) is 20.2. The molecule has 4 rings (SSSR count). The highest BCUT2D eigenvalue weighted by atomic mass is 35.5. The Kier molecular flexibility index (Phi) is 7.94. The van der Waals surface area contributed by atoms with E-state index >= 15 is 0 Å². The van der Waals surface area contributed by atoms with E-state index in [2.05, 4.69) is 10.2 Å². The maximum atomic E-state index is 13.1. The molecule has 0 N–H and O–H groups in total. The minimum absolute atomic E-state index is 0.102. The Labute approximate surface area is 213 Å². The molecule has 35 heavy (non-hydrogen) atoms. The van der Waals surface area contributed by atoms with Gasteiger partial charge in [-0.1, -0.05) is 35.5 Å². The largest absolute Gasteiger partial charge is 0.497 e. The molecule has 3 aromatic carbocycles. The summed E-state index contributed by atoms with van der Waals surface area (Å²) in [5.41, 5.74) is 2.04. The summed E-state index contributed by atoms with van der Waals surface area (Å²) >= 11 is 7.76. The van der Waals surface area contributed by atoms with Crippen LogP contribution in [0.15, 0.2) is 71.9 Å². The van der Waals surface area contributed by atoms with E-state index in [4.69, 9.17) is 25.8 Å². The number of carbonyl (C=O) groups excluding carboxylic acids is 1. The van der Waals surface area contributed by atoms with Crippen LogP contribution in [0.5, 0.6) is 17.2 Å². The van der Waals surface area contributed by atoms with Gasteiger partial charge in [0.15, 0.2) is 16.8 Å². The Morgan fingerprint density at radius 2 is 1.71 bits per heavy atom. The zero-order chi connectivity index (χ0) is 24.8. The number of halogens is 1. The highest BCUT2D eigenvalue weighted by Gasteiger charge is 2.20. The van der Waals surface area contributed by atoms with Crippen molar-refractivity contribution in [3.05, 3.63) is 77.3 Å². The standard InChI is InChI=1S/C26H24ClN3O4S/c1-4-34-18-11-9-17(10-12-18)30-25(20-7-5-6-8-22(20)27)28-29-26(30)35-16-23(31)21-14-13-19(32-2)15-24(21)33-3/h5-15H,4,16H2,1-3H3. The summed E-state index contributed by atoms with van der Waals surface area (Å²) in [4.78, 5) is 13.1. The van der Waals surface area contributed by atoms with E-state index < -0.39 is 0 Å². The van der Waals surface area contributed by atoms with E-state index in [9.17, 15) is 4.79 Å². The van der Waals surface area contributed by atoms with Crippen LogP contribution in [0.2, 0.25) is 5.02 Å². The minimum Gasteiger partial charge on any atom is -0.497 e. The SMILES string of the molecule is CCOc1ccc(-n2c(SCC(=O)c3ccc(OC)cc3OC)nnc2-c2ccccc2Cl)cc1. The average molecular weight is 510 g/mol. The van der Waals surface area contributed by atoms with E-state index in [1.807, 2.05) is 54.0 Å². The average Bonchev–Trinajstić information content (AvgIpc) is 3.31. The van der Waals surface area contributed by atoms with Gasteiger partial charge in [0.25, 0.3) is 0 Å². The van der Waals surface area contributed by atoms with E-state index in [0.717, 1.165) is 17.0 Å². The molecule has 0 saturated carbocycles. The number of carbonyl (C=O) groups is 1. The minimum atomic E-state index is -0.102. The fourth-order valence-electron chi connectivity index (χ4n) is 3.51. The number of Topliss-reactive ketones (excluding diaryl/α,β-unsaturated/α-hetero) is 1. The van der Waals surface area contributed by atoms with Gasteiger partial charge in [0.2, 0.25) is 0 Å². The van der Waals surface area contributed by atoms with Crippen LogP contribution in [0.1, 0.15) is 17.3 Å². The molecule has 0 aliphatic carbocycles. The highest BCUT2D eigenvalue weighted by molar-refractivity contribution is 7.99. The Bertz CT molecular complexity index is 1320. The number of thioether (sulfide) groups is 1. The van der Waals surface area contributed by atoms with Gasteiger partial charge in [-0.15, -0.1) is 10.2 Å². The van der Waals surface area contributed by atoms with Crippen LogP contribution >= 0.6 is 23.4 Å². The Hall–Kier alpha value is -3.49. The Balaban J connectivity index is 1.67. The topological polar surface area (TPSA) is 75.5 Å². The zero-order valence-electron chi connectivity index (χ0n) is 19.5. The van der Waals surface area contributed by atoms with Gasteiger partial charge < -0.3 is 14.2 Å². The number of benzene rings is 3. The van der Waals surface area contributed by atoms with Crippen LogP contribution in [-0.4, -0.2) is 47.1 Å². The number of ether oxygens (including phenoxy) is 3. The van der Waals surface area contributed by atoms with Crippen molar-refractivity contribution in [2.24, 2.45) is 0 Å². The van der Waals surface area contributed by atoms with Crippen molar-refractivity contribution in [1.29, 1.82) is 0 Å². The summed E-state index contributed by atoms with van der Waals surface area (Å²) in [6.07, 6.45) is 0. The lowest BCUT2D eigenvalue weighted by Crippen LogP contribution is -2.07. The van der Waals surface area contributed by atoms with Gasteiger partial charge in [-0.3, -0.25) is 9.36 Å². The van der Waals surface area contributed by atoms with E-state index in [1.165, 1.54) is 18.9 Å². The second kappa shape index (κ2) is 11.3. The number of hydrogen-bond acceptors (Lipinski definition) is 7. The van der Waals surface area contributed by atoms with Crippen LogP contribution in [0, 0.1) is 0 Å². The number of methoxy groups -OCH3 is 2. The summed E-state index contributed by atoms with van der Waals surface area (Å²) in [7, 11) is 3.09. The van der Waals surface area contributed by atoms with Crippen molar-refractivity contribution >= 4 is 29.1 Å². The van der Waals surface area contributed by atoms with Gasteiger partial charge in [-0.2, -0.15) is 0 Å². The second-order valence-corrected chi connectivity index (χ2v) is 8.68. The van der Waals surface area contributed by atoms with E-state index in [-0.39, 0.29) is 11.5 Å². The van der Waals surface area contributed by atoms with Gasteiger partial charge in [-0.05, 0) is 55.5 Å². The molecule has 9 heteroatoms. The Morgan fingerprint density at radius 1 is 0.971 bits per heavy atom. The number of rotatable bonds is 10. The second-order valence-electron chi connectivity index (χ2n) is 7.33. The van der Waals surface area contributed by atoms with Gasteiger partial charge in [0.05, 0.1) is 37.2 Å². The molecule has 1 heterocycles. The van der Waals surface area contributed by atoms with Crippen molar-refractivity contribution in [3.63, 3.8) is 0 Å². The molecule has 0 radical (unpaired) electrons. The normalized spacial score (nSPS) is 10.7. The molecule has 0 atom stereocenters. The molecule has 4 aromatic rings. The molecule has 7 nitrogen and oxygen atoms in total. The lowest BCUT2D eigenvalue weighted by atomic mass is 10.1. The highest BCUT2D eigenvalue weighted by Crippen LogP contribution is 2.33. The third-order valence-corrected chi connectivity index (χ3v) is 6.45. The molecule has 0 aliphatic rings. The molecular formula is C26H24ClN3O4S. The first kappa shape index (κ1) is 24.6. The van der Waals surface area contributed by atoms with Gasteiger partial charge in [0.1, 0.15) is 17.2 Å². The molecule has 0 aliphatic heterocycles. The lowest BCUT2D eigenvalue weighted by Gasteiger charge is -2.12. The number of hydrogen-bond donors (Lipinski definition) is 0. The van der Waals surface area contributed by atoms with Gasteiger partial charge in [0, 0.05) is 17.3 Å². The maximum absolute atomic E-state index is 13.1. The molecule has 180 valence electrons. The molecule has 0 amide bonds.